The number of carboxylic acids is 1. The summed E-state index contributed by atoms with van der Waals surface area (Å²) in [4.78, 5) is 36.4. The van der Waals surface area contributed by atoms with Gasteiger partial charge in [0.2, 0.25) is 5.91 Å². The number of hydrogen-bond acceptors (Lipinski definition) is 4. The van der Waals surface area contributed by atoms with Crippen LogP contribution >= 0.6 is 0 Å². The normalized spacial score (nSPS) is 12.7. The number of alkyl carbamates (subject to hydrolysis) is 1. The van der Waals surface area contributed by atoms with E-state index < -0.39 is 30.1 Å². The first kappa shape index (κ1) is 21.9. The third-order valence-corrected chi connectivity index (χ3v) is 4.33. The number of aliphatic carboxylic acids is 1. The number of hydrogen-bond donors (Lipinski definition) is 3. The van der Waals surface area contributed by atoms with Crippen LogP contribution in [0.1, 0.15) is 25.0 Å². The molecule has 0 aliphatic heterocycles. The molecule has 2 aromatic carbocycles. The minimum absolute atomic E-state index is 0.0743. The van der Waals surface area contributed by atoms with Crippen molar-refractivity contribution in [2.24, 2.45) is 5.92 Å². The van der Waals surface area contributed by atoms with Crippen molar-refractivity contribution in [1.29, 1.82) is 0 Å². The minimum Gasteiger partial charge on any atom is -0.480 e. The molecule has 7 heteroatoms. The predicted molar refractivity (Wildman–Crippen MR) is 108 cm³/mol. The van der Waals surface area contributed by atoms with Crippen LogP contribution < -0.4 is 10.6 Å². The third-order valence-electron chi connectivity index (χ3n) is 4.33. The van der Waals surface area contributed by atoms with Crippen LogP contribution in [-0.4, -0.2) is 35.2 Å². The molecule has 0 radical (unpaired) electrons. The summed E-state index contributed by atoms with van der Waals surface area (Å²) in [6.45, 7) is 3.59. The smallest absolute Gasteiger partial charge is 0.408 e. The van der Waals surface area contributed by atoms with Crippen LogP contribution in [0.2, 0.25) is 0 Å². The highest BCUT2D eigenvalue weighted by Crippen LogP contribution is 2.08. The van der Waals surface area contributed by atoms with Crippen molar-refractivity contribution in [3.63, 3.8) is 0 Å². The molecule has 2 aromatic rings. The van der Waals surface area contributed by atoms with Crippen molar-refractivity contribution in [2.45, 2.75) is 39.0 Å². The van der Waals surface area contributed by atoms with Crippen LogP contribution in [0, 0.1) is 5.92 Å². The molecule has 2 rings (SSSR count). The van der Waals surface area contributed by atoms with Gasteiger partial charge in [0.25, 0.3) is 0 Å². The Balaban J connectivity index is 1.96. The number of ether oxygens (including phenoxy) is 1. The van der Waals surface area contributed by atoms with Gasteiger partial charge in [-0.3, -0.25) is 4.79 Å². The molecule has 0 unspecified atom stereocenters. The fourth-order valence-electron chi connectivity index (χ4n) is 2.74. The molecule has 2 amide bonds. The molecule has 154 valence electrons. The molecule has 0 spiro atoms. The predicted octanol–water partition coefficient (Wildman–Crippen LogP) is 2.75. The standard InChI is InChI=1S/C22H26N2O5/c1-15(2)19(24-22(28)29-14-17-11-7-4-8-12-17)20(25)23-18(21(26)27)13-16-9-5-3-6-10-16/h3-12,15,18-19H,13-14H2,1-2H3,(H,23,25)(H,24,28)(H,26,27)/t18-,19-/m1/s1. The number of carbonyl (C=O) groups is 3. The molecule has 2 atom stereocenters. The van der Waals surface area contributed by atoms with Gasteiger partial charge in [0, 0.05) is 6.42 Å². The van der Waals surface area contributed by atoms with E-state index in [4.69, 9.17) is 4.74 Å². The van der Waals surface area contributed by atoms with Crippen molar-refractivity contribution >= 4 is 18.0 Å². The van der Waals surface area contributed by atoms with Crippen LogP contribution in [0.5, 0.6) is 0 Å². The number of amides is 2. The van der Waals surface area contributed by atoms with Crippen molar-refractivity contribution in [1.82, 2.24) is 10.6 Å². The number of carboxylic acid groups (broad SMARTS) is 1. The average Bonchev–Trinajstić information content (AvgIpc) is 2.71. The maximum atomic E-state index is 12.7. The Bertz CT molecular complexity index is 808. The molecule has 0 saturated carbocycles. The third kappa shape index (κ3) is 7.29. The van der Waals surface area contributed by atoms with Crippen LogP contribution in [0.3, 0.4) is 0 Å². The van der Waals surface area contributed by atoms with E-state index in [-0.39, 0.29) is 18.9 Å². The molecule has 0 aliphatic carbocycles. The highest BCUT2D eigenvalue weighted by atomic mass is 16.5. The fourth-order valence-corrected chi connectivity index (χ4v) is 2.74. The zero-order valence-corrected chi connectivity index (χ0v) is 16.5. The first-order chi connectivity index (χ1) is 13.9. The Labute approximate surface area is 170 Å². The van der Waals surface area contributed by atoms with Gasteiger partial charge in [-0.05, 0) is 17.0 Å². The van der Waals surface area contributed by atoms with Crippen molar-refractivity contribution < 1.29 is 24.2 Å². The maximum Gasteiger partial charge on any atom is 0.408 e. The topological polar surface area (TPSA) is 105 Å². The Hall–Kier alpha value is -3.35. The lowest BCUT2D eigenvalue weighted by Gasteiger charge is -2.24. The Morgan fingerprint density at radius 2 is 1.45 bits per heavy atom. The molecular weight excluding hydrogens is 372 g/mol. The number of benzene rings is 2. The molecule has 0 fully saturated rings. The van der Waals surface area contributed by atoms with Crippen LogP contribution in [0.15, 0.2) is 60.7 Å². The summed E-state index contributed by atoms with van der Waals surface area (Å²) in [6.07, 6.45) is -0.594. The Kier molecular flexibility index (Phi) is 8.21. The van der Waals surface area contributed by atoms with Gasteiger partial charge in [-0.2, -0.15) is 0 Å². The average molecular weight is 398 g/mol. The first-order valence-electron chi connectivity index (χ1n) is 9.41. The highest BCUT2D eigenvalue weighted by molar-refractivity contribution is 5.89. The fraction of sp³-hybridized carbons (Fsp3) is 0.318. The molecule has 29 heavy (non-hydrogen) atoms. The second-order valence-electron chi connectivity index (χ2n) is 7.02. The lowest BCUT2D eigenvalue weighted by molar-refractivity contribution is -0.142. The molecule has 0 aromatic heterocycles. The number of carbonyl (C=O) groups excluding carboxylic acids is 2. The summed E-state index contributed by atoms with van der Waals surface area (Å²) in [7, 11) is 0. The van der Waals surface area contributed by atoms with Gasteiger partial charge in [-0.15, -0.1) is 0 Å². The molecule has 0 saturated heterocycles. The van der Waals surface area contributed by atoms with E-state index in [0.717, 1.165) is 11.1 Å². The zero-order chi connectivity index (χ0) is 21.2. The van der Waals surface area contributed by atoms with Gasteiger partial charge >= 0.3 is 12.1 Å². The van der Waals surface area contributed by atoms with E-state index in [1.165, 1.54) is 0 Å². The van der Waals surface area contributed by atoms with Gasteiger partial charge < -0.3 is 20.5 Å². The van der Waals surface area contributed by atoms with Crippen molar-refractivity contribution in [3.8, 4) is 0 Å². The van der Waals surface area contributed by atoms with Gasteiger partial charge in [-0.25, -0.2) is 9.59 Å². The molecule has 0 bridgehead atoms. The lowest BCUT2D eigenvalue weighted by Crippen LogP contribution is -2.54. The van der Waals surface area contributed by atoms with Crippen LogP contribution in [-0.2, 0) is 27.4 Å². The monoisotopic (exact) mass is 398 g/mol. The van der Waals surface area contributed by atoms with Gasteiger partial charge in [0.05, 0.1) is 0 Å². The zero-order valence-electron chi connectivity index (χ0n) is 16.5. The number of rotatable bonds is 9. The molecule has 0 heterocycles. The highest BCUT2D eigenvalue weighted by Gasteiger charge is 2.29. The summed E-state index contributed by atoms with van der Waals surface area (Å²) in [5, 5.41) is 14.5. The van der Waals surface area contributed by atoms with Gasteiger partial charge in [-0.1, -0.05) is 74.5 Å². The van der Waals surface area contributed by atoms with Crippen molar-refractivity contribution in [2.75, 3.05) is 0 Å². The van der Waals surface area contributed by atoms with E-state index in [1.807, 2.05) is 36.4 Å². The van der Waals surface area contributed by atoms with Crippen molar-refractivity contribution in [3.05, 3.63) is 71.8 Å². The Morgan fingerprint density at radius 1 is 0.897 bits per heavy atom. The van der Waals surface area contributed by atoms with Gasteiger partial charge in [0.1, 0.15) is 18.7 Å². The molecule has 7 nitrogen and oxygen atoms in total. The SMILES string of the molecule is CC(C)[C@@H](NC(=O)OCc1ccccc1)C(=O)N[C@H](Cc1ccccc1)C(=O)O. The maximum absolute atomic E-state index is 12.7. The lowest BCUT2D eigenvalue weighted by atomic mass is 10.0. The van der Waals surface area contributed by atoms with E-state index in [9.17, 15) is 19.5 Å². The van der Waals surface area contributed by atoms with E-state index in [1.54, 1.807) is 38.1 Å². The van der Waals surface area contributed by atoms with Crippen LogP contribution in [0.4, 0.5) is 4.79 Å². The van der Waals surface area contributed by atoms with E-state index in [0.29, 0.717) is 0 Å². The summed E-state index contributed by atoms with van der Waals surface area (Å²) in [5.41, 5.74) is 1.61. The largest absolute Gasteiger partial charge is 0.480 e. The quantitative estimate of drug-likeness (QED) is 0.602. The minimum atomic E-state index is -1.14. The van der Waals surface area contributed by atoms with Crippen LogP contribution in [0.25, 0.3) is 0 Å². The Morgan fingerprint density at radius 3 is 1.97 bits per heavy atom. The summed E-state index contributed by atoms with van der Waals surface area (Å²) < 4.78 is 5.16. The van der Waals surface area contributed by atoms with Gasteiger partial charge in [0.15, 0.2) is 0 Å². The summed E-state index contributed by atoms with van der Waals surface area (Å²) >= 11 is 0. The summed E-state index contributed by atoms with van der Waals surface area (Å²) in [5.74, 6) is -1.97. The first-order valence-corrected chi connectivity index (χ1v) is 9.41. The summed E-state index contributed by atoms with van der Waals surface area (Å²) in [6, 6.07) is 16.2. The number of nitrogens with one attached hydrogen (secondary N) is 2. The van der Waals surface area contributed by atoms with E-state index >= 15 is 0 Å². The second kappa shape index (κ2) is 10.8. The molecule has 3 N–H and O–H groups in total. The van der Waals surface area contributed by atoms with E-state index in [2.05, 4.69) is 10.6 Å². The molecule has 0 aliphatic rings. The second-order valence-corrected chi connectivity index (χ2v) is 7.02. The molecular formula is C22H26N2O5.